The van der Waals surface area contributed by atoms with Gasteiger partial charge in [-0.1, -0.05) is 0 Å². The Bertz CT molecular complexity index is 854. The summed E-state index contributed by atoms with van der Waals surface area (Å²) in [5.41, 5.74) is 0.681. The molecule has 0 unspecified atom stereocenters. The molecule has 1 aromatic carbocycles. The van der Waals surface area contributed by atoms with Crippen LogP contribution >= 0.6 is 12.2 Å². The van der Waals surface area contributed by atoms with Crippen LogP contribution in [0.4, 0.5) is 8.78 Å². The Morgan fingerprint density at radius 2 is 2.09 bits per heavy atom. The molecule has 0 fully saturated rings. The van der Waals surface area contributed by atoms with Crippen molar-refractivity contribution in [2.75, 3.05) is 0 Å². The van der Waals surface area contributed by atoms with Crippen LogP contribution in [-0.2, 0) is 0 Å². The second kappa shape index (κ2) is 6.53. The molecule has 0 aliphatic heterocycles. The van der Waals surface area contributed by atoms with Crippen LogP contribution in [0, 0.1) is 4.77 Å². The highest BCUT2D eigenvalue weighted by Gasteiger charge is 2.10. The number of furan rings is 1. The smallest absolute Gasteiger partial charge is 0.387 e. The van der Waals surface area contributed by atoms with Crippen LogP contribution < -0.4 is 4.74 Å². The molecule has 0 saturated heterocycles. The Labute approximate surface area is 134 Å². The summed E-state index contributed by atoms with van der Waals surface area (Å²) in [7, 11) is 0. The van der Waals surface area contributed by atoms with E-state index in [1.807, 2.05) is 0 Å². The molecule has 0 radical (unpaired) electrons. The van der Waals surface area contributed by atoms with Gasteiger partial charge in [-0.05, 0) is 54.2 Å². The molecule has 3 aromatic rings. The van der Waals surface area contributed by atoms with Gasteiger partial charge in [-0.15, -0.1) is 5.10 Å². The van der Waals surface area contributed by atoms with Crippen molar-refractivity contribution in [1.29, 1.82) is 0 Å². The molecular weight excluding hydrogens is 326 g/mol. The lowest BCUT2D eigenvalue weighted by Crippen LogP contribution is -2.01. The number of hydrogen-bond acceptors (Lipinski definition) is 5. The van der Waals surface area contributed by atoms with Crippen LogP contribution in [0.3, 0.4) is 0 Å². The molecule has 0 atom stereocenters. The number of ether oxygens (including phenoxy) is 1. The number of aromatic nitrogens is 3. The maximum atomic E-state index is 12.1. The van der Waals surface area contributed by atoms with Gasteiger partial charge >= 0.3 is 6.61 Å². The zero-order chi connectivity index (χ0) is 16.2. The van der Waals surface area contributed by atoms with Gasteiger partial charge in [0.1, 0.15) is 5.75 Å². The van der Waals surface area contributed by atoms with Crippen molar-refractivity contribution in [1.82, 2.24) is 14.9 Å². The fourth-order valence-corrected chi connectivity index (χ4v) is 2.00. The van der Waals surface area contributed by atoms with Crippen molar-refractivity contribution in [2.45, 2.75) is 6.61 Å². The summed E-state index contributed by atoms with van der Waals surface area (Å²) >= 11 is 5.12. The van der Waals surface area contributed by atoms with Gasteiger partial charge in [0.15, 0.2) is 5.76 Å². The minimum atomic E-state index is -2.85. The van der Waals surface area contributed by atoms with E-state index in [0.717, 1.165) is 0 Å². The Morgan fingerprint density at radius 1 is 1.30 bits per heavy atom. The van der Waals surface area contributed by atoms with E-state index in [9.17, 15) is 8.78 Å². The Kier molecular flexibility index (Phi) is 4.29. The normalized spacial score (nSPS) is 11.4. The maximum absolute atomic E-state index is 12.1. The molecule has 9 heteroatoms. The molecule has 0 spiro atoms. The molecule has 1 N–H and O–H groups in total. The Morgan fingerprint density at radius 3 is 2.74 bits per heavy atom. The summed E-state index contributed by atoms with van der Waals surface area (Å²) in [6, 6.07) is 9.50. The van der Waals surface area contributed by atoms with E-state index in [-0.39, 0.29) is 5.75 Å². The quantitative estimate of drug-likeness (QED) is 0.570. The van der Waals surface area contributed by atoms with Gasteiger partial charge in [-0.3, -0.25) is 0 Å². The molecule has 0 aliphatic rings. The second-order valence-electron chi connectivity index (χ2n) is 4.33. The van der Waals surface area contributed by atoms with Crippen LogP contribution in [-0.4, -0.2) is 27.7 Å². The number of benzene rings is 1. The molecule has 0 saturated carbocycles. The standard InChI is InChI=1S/C14H10F2N4O2S/c15-13(16)22-10-5-3-9(4-6-10)8-17-20-12(18-19-14(20)23)11-2-1-7-21-11/h1-8,13H,(H,19,23)/b17-8+. The van der Waals surface area contributed by atoms with Crippen molar-refractivity contribution in [3.8, 4) is 17.3 Å². The number of rotatable bonds is 5. The first-order valence-electron chi connectivity index (χ1n) is 6.44. The monoisotopic (exact) mass is 336 g/mol. The molecule has 6 nitrogen and oxygen atoms in total. The largest absolute Gasteiger partial charge is 0.461 e. The lowest BCUT2D eigenvalue weighted by Gasteiger charge is -2.03. The lowest BCUT2D eigenvalue weighted by atomic mass is 10.2. The van der Waals surface area contributed by atoms with Gasteiger partial charge in [0.25, 0.3) is 0 Å². The topological polar surface area (TPSA) is 68.3 Å². The first-order chi connectivity index (χ1) is 11.1. The highest BCUT2D eigenvalue weighted by Crippen LogP contribution is 2.18. The third-order valence-corrected chi connectivity index (χ3v) is 3.08. The number of nitrogens with one attached hydrogen (secondary N) is 1. The fraction of sp³-hybridized carbons (Fsp3) is 0.0714. The number of halogens is 2. The van der Waals surface area contributed by atoms with Gasteiger partial charge in [0, 0.05) is 0 Å². The molecule has 2 aromatic heterocycles. The van der Waals surface area contributed by atoms with Crippen molar-refractivity contribution in [3.05, 3.63) is 53.0 Å². The summed E-state index contributed by atoms with van der Waals surface area (Å²) in [4.78, 5) is 0. The van der Waals surface area contributed by atoms with Crippen LogP contribution in [0.5, 0.6) is 5.75 Å². The van der Waals surface area contributed by atoms with Gasteiger partial charge in [-0.2, -0.15) is 18.6 Å². The van der Waals surface area contributed by atoms with Crippen LogP contribution in [0.15, 0.2) is 52.2 Å². The highest BCUT2D eigenvalue weighted by molar-refractivity contribution is 7.71. The van der Waals surface area contributed by atoms with E-state index in [1.165, 1.54) is 29.3 Å². The van der Waals surface area contributed by atoms with E-state index in [4.69, 9.17) is 16.6 Å². The summed E-state index contributed by atoms with van der Waals surface area (Å²) in [5.74, 6) is 1.01. The van der Waals surface area contributed by atoms with Crippen molar-refractivity contribution >= 4 is 18.4 Å². The average Bonchev–Trinajstić information content (AvgIpc) is 3.16. The predicted molar refractivity (Wildman–Crippen MR) is 81.2 cm³/mol. The first kappa shape index (κ1) is 15.1. The lowest BCUT2D eigenvalue weighted by molar-refractivity contribution is -0.0498. The molecule has 3 rings (SSSR count). The van der Waals surface area contributed by atoms with E-state index in [2.05, 4.69) is 20.0 Å². The van der Waals surface area contributed by atoms with Crippen molar-refractivity contribution in [3.63, 3.8) is 0 Å². The summed E-state index contributed by atoms with van der Waals surface area (Å²) in [6.45, 7) is -2.85. The predicted octanol–water partition coefficient (Wildman–Crippen LogP) is 3.68. The molecular formula is C14H10F2N4O2S. The SMILES string of the molecule is FC(F)Oc1ccc(/C=N/n2c(-c3ccco3)n[nH]c2=S)cc1. The minimum Gasteiger partial charge on any atom is -0.461 e. The van der Waals surface area contributed by atoms with Crippen molar-refractivity contribution in [2.24, 2.45) is 5.10 Å². The Balaban J connectivity index is 1.83. The second-order valence-corrected chi connectivity index (χ2v) is 4.72. The molecule has 118 valence electrons. The number of H-pyrrole nitrogens is 1. The molecule has 0 bridgehead atoms. The first-order valence-corrected chi connectivity index (χ1v) is 6.85. The van der Waals surface area contributed by atoms with E-state index >= 15 is 0 Å². The van der Waals surface area contributed by atoms with Crippen LogP contribution in [0.2, 0.25) is 0 Å². The molecule has 0 amide bonds. The zero-order valence-electron chi connectivity index (χ0n) is 11.5. The fourth-order valence-electron chi connectivity index (χ4n) is 1.82. The van der Waals surface area contributed by atoms with Gasteiger partial charge in [0.05, 0.1) is 12.5 Å². The van der Waals surface area contributed by atoms with Crippen molar-refractivity contribution < 1.29 is 17.9 Å². The summed E-state index contributed by atoms with van der Waals surface area (Å²) < 4.78 is 35.4. The molecule has 23 heavy (non-hydrogen) atoms. The van der Waals surface area contributed by atoms with Gasteiger partial charge in [0.2, 0.25) is 10.6 Å². The van der Waals surface area contributed by atoms with E-state index in [1.54, 1.807) is 24.3 Å². The number of aromatic amines is 1. The highest BCUT2D eigenvalue weighted by atomic mass is 32.1. The van der Waals surface area contributed by atoms with E-state index in [0.29, 0.717) is 21.9 Å². The minimum absolute atomic E-state index is 0.0772. The third-order valence-electron chi connectivity index (χ3n) is 2.82. The zero-order valence-corrected chi connectivity index (χ0v) is 12.3. The molecule has 2 heterocycles. The van der Waals surface area contributed by atoms with Gasteiger partial charge in [-0.25, -0.2) is 5.10 Å². The maximum Gasteiger partial charge on any atom is 0.387 e. The van der Waals surface area contributed by atoms with Crippen LogP contribution in [0.1, 0.15) is 5.56 Å². The molecule has 0 aliphatic carbocycles. The Hall–Kier alpha value is -2.81. The summed E-state index contributed by atoms with van der Waals surface area (Å²) in [5, 5.41) is 10.9. The average molecular weight is 336 g/mol. The van der Waals surface area contributed by atoms with E-state index < -0.39 is 6.61 Å². The third kappa shape index (κ3) is 3.51. The number of alkyl halides is 2. The summed E-state index contributed by atoms with van der Waals surface area (Å²) in [6.07, 6.45) is 3.03. The number of nitrogens with zero attached hydrogens (tertiary/aromatic N) is 3. The van der Waals surface area contributed by atoms with Crippen LogP contribution in [0.25, 0.3) is 11.6 Å². The number of hydrogen-bond donors (Lipinski definition) is 1. The van der Waals surface area contributed by atoms with Gasteiger partial charge < -0.3 is 9.15 Å².